The number of hydrogen-bond donors (Lipinski definition) is 2. The average Bonchev–Trinajstić information content (AvgIpc) is 3.04. The Morgan fingerprint density at radius 3 is 2.91 bits per heavy atom. The van der Waals surface area contributed by atoms with Crippen molar-refractivity contribution in [2.75, 3.05) is 39.1 Å². The van der Waals surface area contributed by atoms with Crippen molar-refractivity contribution in [2.45, 2.75) is 19.3 Å². The minimum absolute atomic E-state index is 0.0124. The van der Waals surface area contributed by atoms with E-state index in [4.69, 9.17) is 4.74 Å². The molecule has 0 radical (unpaired) electrons. The fourth-order valence-corrected chi connectivity index (χ4v) is 2.46. The van der Waals surface area contributed by atoms with Crippen molar-refractivity contribution in [3.05, 3.63) is 24.3 Å². The molecule has 0 aromatic heterocycles. The predicted octanol–water partition coefficient (Wildman–Crippen LogP) is 1.48. The van der Waals surface area contributed by atoms with Crippen LogP contribution in [0.4, 0.5) is 5.69 Å². The molecule has 1 aromatic rings. The van der Waals surface area contributed by atoms with Crippen molar-refractivity contribution in [2.24, 2.45) is 5.92 Å². The maximum absolute atomic E-state index is 12.0. The zero-order valence-electron chi connectivity index (χ0n) is 13.8. The summed E-state index contributed by atoms with van der Waals surface area (Å²) in [5.41, 5.74) is 0.689. The number of anilines is 1. The Kier molecular flexibility index (Phi) is 6.40. The number of rotatable bonds is 7. The fraction of sp³-hybridized carbons (Fsp3) is 0.529. The number of carbonyl (C=O) groups is 2. The largest absolute Gasteiger partial charge is 0.484 e. The van der Waals surface area contributed by atoms with Gasteiger partial charge in [-0.15, -0.1) is 0 Å². The van der Waals surface area contributed by atoms with E-state index in [1.54, 1.807) is 32.3 Å². The number of carbonyl (C=O) groups excluding carboxylic acids is 2. The van der Waals surface area contributed by atoms with E-state index in [-0.39, 0.29) is 18.4 Å². The van der Waals surface area contributed by atoms with Gasteiger partial charge in [0.1, 0.15) is 5.75 Å². The number of hydrogen-bond acceptors (Lipinski definition) is 4. The molecule has 1 atom stereocenters. The summed E-state index contributed by atoms with van der Waals surface area (Å²) in [6, 6.07) is 7.11. The van der Waals surface area contributed by atoms with E-state index >= 15 is 0 Å². The molecule has 1 heterocycles. The summed E-state index contributed by atoms with van der Waals surface area (Å²) >= 11 is 0. The van der Waals surface area contributed by atoms with Gasteiger partial charge in [-0.2, -0.15) is 0 Å². The summed E-state index contributed by atoms with van der Waals surface area (Å²) in [5, 5.41) is 6.19. The van der Waals surface area contributed by atoms with Crippen LogP contribution in [0.1, 0.15) is 19.3 Å². The van der Waals surface area contributed by atoms with E-state index in [1.807, 2.05) is 6.07 Å². The summed E-state index contributed by atoms with van der Waals surface area (Å²) < 4.78 is 5.44. The van der Waals surface area contributed by atoms with E-state index in [0.717, 1.165) is 25.9 Å². The Balaban J connectivity index is 1.79. The van der Waals surface area contributed by atoms with Gasteiger partial charge in [0, 0.05) is 32.3 Å². The molecule has 1 saturated heterocycles. The minimum Gasteiger partial charge on any atom is -0.484 e. The number of benzene rings is 1. The lowest BCUT2D eigenvalue weighted by molar-refractivity contribution is -0.130. The van der Waals surface area contributed by atoms with Gasteiger partial charge in [0.05, 0.1) is 0 Å². The Morgan fingerprint density at radius 2 is 2.22 bits per heavy atom. The standard InChI is InChI=1S/C17H25N3O3/c1-20(2)17(22)12-23-15-5-3-4-14(10-15)19-16(21)7-6-13-8-9-18-11-13/h3-5,10,13,18H,6-9,11-12H2,1-2H3,(H,19,21). The molecule has 6 nitrogen and oxygen atoms in total. The van der Waals surface area contributed by atoms with Gasteiger partial charge in [-0.25, -0.2) is 0 Å². The van der Waals surface area contributed by atoms with Crippen molar-refractivity contribution in [1.29, 1.82) is 0 Å². The van der Waals surface area contributed by atoms with Crippen molar-refractivity contribution < 1.29 is 14.3 Å². The summed E-state index contributed by atoms with van der Waals surface area (Å²) in [6.45, 7) is 2.05. The van der Waals surface area contributed by atoms with Crippen LogP contribution in [0.3, 0.4) is 0 Å². The third kappa shape index (κ3) is 5.90. The molecule has 6 heteroatoms. The summed E-state index contributed by atoms with van der Waals surface area (Å²) in [7, 11) is 3.37. The van der Waals surface area contributed by atoms with Gasteiger partial charge < -0.3 is 20.3 Å². The van der Waals surface area contributed by atoms with Gasteiger partial charge >= 0.3 is 0 Å². The second-order valence-corrected chi connectivity index (χ2v) is 6.05. The number of nitrogens with zero attached hydrogens (tertiary/aromatic N) is 1. The van der Waals surface area contributed by atoms with E-state index < -0.39 is 0 Å². The first-order valence-electron chi connectivity index (χ1n) is 7.98. The molecule has 1 unspecified atom stereocenters. The summed E-state index contributed by atoms with van der Waals surface area (Å²) in [6.07, 6.45) is 2.58. The molecule has 1 aliphatic heterocycles. The van der Waals surface area contributed by atoms with Crippen LogP contribution in [-0.4, -0.2) is 50.5 Å². The Morgan fingerprint density at radius 1 is 1.39 bits per heavy atom. The van der Waals surface area contributed by atoms with Crippen LogP contribution >= 0.6 is 0 Å². The van der Waals surface area contributed by atoms with Gasteiger partial charge in [-0.1, -0.05) is 6.07 Å². The van der Waals surface area contributed by atoms with Crippen LogP contribution in [-0.2, 0) is 9.59 Å². The van der Waals surface area contributed by atoms with Gasteiger partial charge in [0.25, 0.3) is 5.91 Å². The second kappa shape index (κ2) is 8.53. The highest BCUT2D eigenvalue weighted by Crippen LogP contribution is 2.19. The molecule has 1 aliphatic rings. The van der Waals surface area contributed by atoms with Gasteiger partial charge in [-0.05, 0) is 44.0 Å². The zero-order chi connectivity index (χ0) is 16.7. The maximum Gasteiger partial charge on any atom is 0.259 e. The number of amides is 2. The maximum atomic E-state index is 12.0. The number of ether oxygens (including phenoxy) is 1. The van der Waals surface area contributed by atoms with E-state index in [1.165, 1.54) is 4.90 Å². The van der Waals surface area contributed by atoms with Gasteiger partial charge in [0.2, 0.25) is 5.91 Å². The lowest BCUT2D eigenvalue weighted by Gasteiger charge is -2.12. The normalized spacial score (nSPS) is 16.9. The molecule has 0 bridgehead atoms. The Bertz CT molecular complexity index is 540. The van der Waals surface area contributed by atoms with Crippen LogP contribution in [0, 0.1) is 5.92 Å². The van der Waals surface area contributed by atoms with Crippen LogP contribution in [0.25, 0.3) is 0 Å². The topological polar surface area (TPSA) is 70.7 Å². The van der Waals surface area contributed by atoms with E-state index in [0.29, 0.717) is 23.8 Å². The minimum atomic E-state index is -0.107. The highest BCUT2D eigenvalue weighted by atomic mass is 16.5. The number of likely N-dealkylation sites (N-methyl/N-ethyl adjacent to an activating group) is 1. The van der Waals surface area contributed by atoms with Crippen LogP contribution < -0.4 is 15.4 Å². The third-order valence-corrected chi connectivity index (χ3v) is 3.92. The first-order valence-corrected chi connectivity index (χ1v) is 7.98. The van der Waals surface area contributed by atoms with Gasteiger partial charge in [-0.3, -0.25) is 9.59 Å². The molecule has 0 aliphatic carbocycles. The Hall–Kier alpha value is -2.08. The molecule has 0 saturated carbocycles. The highest BCUT2D eigenvalue weighted by molar-refractivity contribution is 5.90. The lowest BCUT2D eigenvalue weighted by atomic mass is 10.0. The summed E-state index contributed by atoms with van der Waals surface area (Å²) in [5.74, 6) is 1.08. The van der Waals surface area contributed by atoms with Gasteiger partial charge in [0.15, 0.2) is 6.61 Å². The molecule has 126 valence electrons. The fourth-order valence-electron chi connectivity index (χ4n) is 2.46. The Labute approximate surface area is 137 Å². The van der Waals surface area contributed by atoms with Crippen LogP contribution in [0.2, 0.25) is 0 Å². The molecule has 2 N–H and O–H groups in total. The molecule has 2 rings (SSSR count). The van der Waals surface area contributed by atoms with E-state index in [2.05, 4.69) is 10.6 Å². The second-order valence-electron chi connectivity index (χ2n) is 6.05. The average molecular weight is 319 g/mol. The van der Waals surface area contributed by atoms with Crippen molar-refractivity contribution in [1.82, 2.24) is 10.2 Å². The molecule has 2 amide bonds. The van der Waals surface area contributed by atoms with E-state index in [9.17, 15) is 9.59 Å². The molecular weight excluding hydrogens is 294 g/mol. The predicted molar refractivity (Wildman–Crippen MR) is 89.5 cm³/mol. The van der Waals surface area contributed by atoms with Crippen molar-refractivity contribution in [3.63, 3.8) is 0 Å². The number of nitrogens with one attached hydrogen (secondary N) is 2. The van der Waals surface area contributed by atoms with Crippen LogP contribution in [0.5, 0.6) is 5.75 Å². The first-order chi connectivity index (χ1) is 11.0. The van der Waals surface area contributed by atoms with Crippen molar-refractivity contribution in [3.8, 4) is 5.75 Å². The van der Waals surface area contributed by atoms with Crippen molar-refractivity contribution >= 4 is 17.5 Å². The smallest absolute Gasteiger partial charge is 0.259 e. The SMILES string of the molecule is CN(C)C(=O)COc1cccc(NC(=O)CCC2CCNC2)c1. The third-order valence-electron chi connectivity index (χ3n) is 3.92. The molecule has 1 aromatic carbocycles. The zero-order valence-corrected chi connectivity index (χ0v) is 13.8. The first kappa shape index (κ1) is 17.3. The lowest BCUT2D eigenvalue weighted by Crippen LogP contribution is -2.27. The summed E-state index contributed by atoms with van der Waals surface area (Å²) in [4.78, 5) is 25.0. The highest BCUT2D eigenvalue weighted by Gasteiger charge is 2.15. The monoisotopic (exact) mass is 319 g/mol. The quantitative estimate of drug-likeness (QED) is 0.799. The molecular formula is C17H25N3O3. The molecule has 23 heavy (non-hydrogen) atoms. The molecule has 0 spiro atoms. The molecule has 1 fully saturated rings. The van der Waals surface area contributed by atoms with Crippen LogP contribution in [0.15, 0.2) is 24.3 Å².